The number of hydrogen-bond donors (Lipinski definition) is 2. The Kier molecular flexibility index (Phi) is 2.00. The van der Waals surface area contributed by atoms with Gasteiger partial charge in [-0.1, -0.05) is 0 Å². The Hall–Kier alpha value is -2.17. The molecule has 0 radical (unpaired) electrons. The van der Waals surface area contributed by atoms with Crippen LogP contribution in [0.25, 0.3) is 10.9 Å². The van der Waals surface area contributed by atoms with Gasteiger partial charge in [0.05, 0.1) is 12.6 Å². The molecule has 3 N–H and O–H groups in total. The predicted molar refractivity (Wildman–Crippen MR) is 55.1 cm³/mol. The van der Waals surface area contributed by atoms with E-state index < -0.39 is 6.03 Å². The summed E-state index contributed by atoms with van der Waals surface area (Å²) in [5, 5.41) is 10.2. The predicted octanol–water partition coefficient (Wildman–Crippen LogP) is 1.28. The maximum Gasteiger partial charge on any atom is 0.326 e. The second kappa shape index (κ2) is 3.20. The summed E-state index contributed by atoms with van der Waals surface area (Å²) in [6, 6.07) is 5.87. The summed E-state index contributed by atoms with van der Waals surface area (Å²) in [6.07, 6.45) is 0. The van der Waals surface area contributed by atoms with Gasteiger partial charge in [-0.3, -0.25) is 0 Å². The van der Waals surface area contributed by atoms with Crippen molar-refractivity contribution in [1.82, 2.24) is 4.57 Å². The molecule has 0 bridgehead atoms. The number of hydrogen-bond acceptors (Lipinski definition) is 3. The highest BCUT2D eigenvalue weighted by Crippen LogP contribution is 2.27. The molecule has 2 rings (SSSR count). The normalized spacial score (nSPS) is 10.5. The van der Waals surface area contributed by atoms with E-state index in [2.05, 4.69) is 0 Å². The first kappa shape index (κ1) is 9.39. The summed E-state index contributed by atoms with van der Waals surface area (Å²) in [5.74, 6) is 0.425. The molecule has 15 heavy (non-hydrogen) atoms. The lowest BCUT2D eigenvalue weighted by Crippen LogP contribution is -2.18. The molecule has 1 heterocycles. The molecule has 0 aliphatic heterocycles. The maximum atomic E-state index is 11.1. The van der Waals surface area contributed by atoms with E-state index >= 15 is 0 Å². The van der Waals surface area contributed by atoms with Crippen LogP contribution in [0.3, 0.4) is 0 Å². The van der Waals surface area contributed by atoms with Crippen LogP contribution in [0.4, 0.5) is 4.79 Å². The van der Waals surface area contributed by atoms with Crippen molar-refractivity contribution >= 4 is 16.9 Å². The van der Waals surface area contributed by atoms with Gasteiger partial charge in [0.1, 0.15) is 5.75 Å². The van der Waals surface area contributed by atoms with Crippen molar-refractivity contribution in [1.29, 1.82) is 0 Å². The lowest BCUT2D eigenvalue weighted by atomic mass is 10.2. The van der Waals surface area contributed by atoms with Crippen LogP contribution in [0.2, 0.25) is 0 Å². The van der Waals surface area contributed by atoms with Crippen LogP contribution in [0.1, 0.15) is 0 Å². The van der Waals surface area contributed by atoms with Crippen molar-refractivity contribution in [2.45, 2.75) is 0 Å². The molecule has 2 aromatic rings. The first-order valence-corrected chi connectivity index (χ1v) is 4.31. The van der Waals surface area contributed by atoms with E-state index in [9.17, 15) is 9.90 Å². The zero-order valence-electron chi connectivity index (χ0n) is 8.10. The van der Waals surface area contributed by atoms with E-state index in [-0.39, 0.29) is 5.88 Å². The fourth-order valence-corrected chi connectivity index (χ4v) is 1.52. The standard InChI is InChI=1S/C10H10N2O3/c1-15-7-3-2-6-4-9(13)12(10(11)14)8(6)5-7/h2-5,13H,1H3,(H2,11,14). The lowest BCUT2D eigenvalue weighted by Gasteiger charge is -2.02. The van der Waals surface area contributed by atoms with Crippen LogP contribution < -0.4 is 10.5 Å². The number of nitrogens with two attached hydrogens (primary N) is 1. The fourth-order valence-electron chi connectivity index (χ4n) is 1.52. The van der Waals surface area contributed by atoms with Crippen LogP contribution in [0, 0.1) is 0 Å². The van der Waals surface area contributed by atoms with Crippen LogP contribution in [0.15, 0.2) is 24.3 Å². The Morgan fingerprint density at radius 1 is 1.47 bits per heavy atom. The number of amides is 1. The van der Waals surface area contributed by atoms with Crippen LogP contribution >= 0.6 is 0 Å². The monoisotopic (exact) mass is 206 g/mol. The average Bonchev–Trinajstić information content (AvgIpc) is 2.52. The highest BCUT2D eigenvalue weighted by Gasteiger charge is 2.12. The minimum absolute atomic E-state index is 0.175. The zero-order chi connectivity index (χ0) is 11.0. The number of aromatic hydroxyl groups is 1. The molecule has 1 aromatic carbocycles. The Bertz CT molecular complexity index is 531. The van der Waals surface area contributed by atoms with E-state index in [1.54, 1.807) is 18.2 Å². The topological polar surface area (TPSA) is 77.5 Å². The van der Waals surface area contributed by atoms with Crippen molar-refractivity contribution in [3.8, 4) is 11.6 Å². The molecule has 0 aliphatic carbocycles. The number of methoxy groups -OCH3 is 1. The van der Waals surface area contributed by atoms with Gasteiger partial charge in [-0.25, -0.2) is 9.36 Å². The first-order chi connectivity index (χ1) is 7.13. The van der Waals surface area contributed by atoms with Crippen molar-refractivity contribution in [3.05, 3.63) is 24.3 Å². The Morgan fingerprint density at radius 3 is 2.80 bits per heavy atom. The van der Waals surface area contributed by atoms with Gasteiger partial charge in [0, 0.05) is 17.5 Å². The third kappa shape index (κ3) is 1.38. The third-order valence-corrected chi connectivity index (χ3v) is 2.21. The number of carbonyl (C=O) groups excluding carboxylic acids is 1. The van der Waals surface area contributed by atoms with Gasteiger partial charge in [-0.2, -0.15) is 0 Å². The molecule has 1 amide bonds. The first-order valence-electron chi connectivity index (χ1n) is 4.31. The summed E-state index contributed by atoms with van der Waals surface area (Å²) in [4.78, 5) is 11.1. The maximum absolute atomic E-state index is 11.1. The Labute approximate surface area is 85.7 Å². The zero-order valence-corrected chi connectivity index (χ0v) is 8.10. The van der Waals surface area contributed by atoms with Crippen LogP contribution in [0.5, 0.6) is 11.6 Å². The smallest absolute Gasteiger partial charge is 0.326 e. The third-order valence-electron chi connectivity index (χ3n) is 2.21. The van der Waals surface area contributed by atoms with Crippen molar-refractivity contribution < 1.29 is 14.6 Å². The molecule has 78 valence electrons. The van der Waals surface area contributed by atoms with Gasteiger partial charge in [-0.15, -0.1) is 0 Å². The number of nitrogens with zero attached hydrogens (tertiary/aromatic N) is 1. The van der Waals surface area contributed by atoms with Gasteiger partial charge in [0.15, 0.2) is 5.88 Å². The van der Waals surface area contributed by atoms with Gasteiger partial charge in [0.25, 0.3) is 0 Å². The molecule has 1 aromatic heterocycles. The molecule has 0 unspecified atom stereocenters. The Balaban J connectivity index is 2.77. The molecule has 5 nitrogen and oxygen atoms in total. The minimum Gasteiger partial charge on any atom is -0.497 e. The van der Waals surface area contributed by atoms with E-state index in [0.29, 0.717) is 11.3 Å². The molecule has 5 heteroatoms. The molecule has 0 spiro atoms. The summed E-state index contributed by atoms with van der Waals surface area (Å²) in [5.41, 5.74) is 5.67. The van der Waals surface area contributed by atoms with E-state index in [1.165, 1.54) is 13.2 Å². The molecule has 0 saturated carbocycles. The minimum atomic E-state index is -0.726. The number of carbonyl (C=O) groups is 1. The van der Waals surface area contributed by atoms with Gasteiger partial charge in [0.2, 0.25) is 0 Å². The Morgan fingerprint density at radius 2 is 2.20 bits per heavy atom. The van der Waals surface area contributed by atoms with E-state index in [4.69, 9.17) is 10.5 Å². The summed E-state index contributed by atoms with van der Waals surface area (Å²) < 4.78 is 6.04. The SMILES string of the molecule is COc1ccc2cc(O)n(C(N)=O)c2c1. The van der Waals surface area contributed by atoms with Crippen LogP contribution in [-0.4, -0.2) is 22.8 Å². The second-order valence-corrected chi connectivity index (χ2v) is 3.10. The molecule has 0 atom stereocenters. The molecular weight excluding hydrogens is 196 g/mol. The van der Waals surface area contributed by atoms with Gasteiger partial charge < -0.3 is 15.6 Å². The molecule has 0 saturated heterocycles. The van der Waals surface area contributed by atoms with Crippen molar-refractivity contribution in [2.75, 3.05) is 7.11 Å². The lowest BCUT2D eigenvalue weighted by molar-refractivity contribution is 0.248. The van der Waals surface area contributed by atoms with E-state index in [1.807, 2.05) is 0 Å². The summed E-state index contributed by atoms with van der Waals surface area (Å²) in [7, 11) is 1.53. The summed E-state index contributed by atoms with van der Waals surface area (Å²) >= 11 is 0. The van der Waals surface area contributed by atoms with Crippen LogP contribution in [-0.2, 0) is 0 Å². The number of fused-ring (bicyclic) bond motifs is 1. The number of aromatic nitrogens is 1. The van der Waals surface area contributed by atoms with Crippen molar-refractivity contribution in [3.63, 3.8) is 0 Å². The van der Waals surface area contributed by atoms with Gasteiger partial charge >= 0.3 is 6.03 Å². The number of benzene rings is 1. The molecule has 0 aliphatic rings. The van der Waals surface area contributed by atoms with Crippen molar-refractivity contribution in [2.24, 2.45) is 5.73 Å². The summed E-state index contributed by atoms with van der Waals surface area (Å²) in [6.45, 7) is 0. The quantitative estimate of drug-likeness (QED) is 0.737. The second-order valence-electron chi connectivity index (χ2n) is 3.10. The fraction of sp³-hybridized carbons (Fsp3) is 0.100. The van der Waals surface area contributed by atoms with E-state index in [0.717, 1.165) is 9.95 Å². The largest absolute Gasteiger partial charge is 0.497 e. The number of rotatable bonds is 1. The average molecular weight is 206 g/mol. The van der Waals surface area contributed by atoms with Gasteiger partial charge in [-0.05, 0) is 12.1 Å². The molecular formula is C10H10N2O3. The highest BCUT2D eigenvalue weighted by atomic mass is 16.5. The molecule has 0 fully saturated rings. The number of primary amides is 1. The number of ether oxygens (including phenoxy) is 1. The highest BCUT2D eigenvalue weighted by molar-refractivity contribution is 5.93.